The van der Waals surface area contributed by atoms with E-state index in [4.69, 9.17) is 0 Å². The van der Waals surface area contributed by atoms with Crippen molar-refractivity contribution in [3.05, 3.63) is 163 Å². The van der Waals surface area contributed by atoms with Gasteiger partial charge in [-0.1, -0.05) is 67.8 Å². The van der Waals surface area contributed by atoms with E-state index in [0.29, 0.717) is 27.8 Å². The summed E-state index contributed by atoms with van der Waals surface area (Å²) in [5, 5.41) is 20.0. The molecule has 0 saturated heterocycles. The summed E-state index contributed by atoms with van der Waals surface area (Å²) in [7, 11) is 0. The zero-order valence-electron chi connectivity index (χ0n) is 33.0. The molecule has 4 nitrogen and oxygen atoms in total. The van der Waals surface area contributed by atoms with Crippen LogP contribution in [-0.4, -0.2) is 22.5 Å². The van der Waals surface area contributed by atoms with Crippen LogP contribution in [0.25, 0.3) is 83.8 Å². The van der Waals surface area contributed by atoms with Gasteiger partial charge in [0.2, 0.25) is 0 Å². The second-order valence-electron chi connectivity index (χ2n) is 17.4. The topological polar surface area (TPSA) is 71.4 Å². The summed E-state index contributed by atoms with van der Waals surface area (Å²) >= 11 is 7.15. The third-order valence-corrected chi connectivity index (χ3v) is 19.1. The highest BCUT2D eigenvalue weighted by molar-refractivity contribution is 7.40. The predicted molar refractivity (Wildman–Crippen MR) is 259 cm³/mol. The average molecular weight is 873 g/mol. The van der Waals surface area contributed by atoms with E-state index in [2.05, 4.69) is 60.7 Å². The van der Waals surface area contributed by atoms with Crippen molar-refractivity contribution >= 4 is 137 Å². The maximum Gasteiger partial charge on any atom is 0.197 e. The molecule has 4 aliphatic rings. The number of Topliss-reactive ketones (excluding diaryl/α,β-unsaturated/α-hetero) is 3. The first kappa shape index (κ1) is 35.7. The maximum absolute atomic E-state index is 14.0. The molecule has 62 heavy (non-hydrogen) atoms. The van der Waals surface area contributed by atoms with Crippen LogP contribution < -0.4 is 0 Å². The van der Waals surface area contributed by atoms with E-state index in [-0.39, 0.29) is 28.3 Å². The van der Waals surface area contributed by atoms with Crippen molar-refractivity contribution in [3.8, 4) is 9.75 Å². The molecular weight excluding hydrogens is 841 g/mol. The van der Waals surface area contributed by atoms with Gasteiger partial charge in [-0.05, 0) is 140 Å². The van der Waals surface area contributed by atoms with Crippen molar-refractivity contribution in [3.63, 3.8) is 0 Å². The van der Waals surface area contributed by atoms with E-state index in [1.54, 1.807) is 22.7 Å². The molecule has 4 heterocycles. The zero-order chi connectivity index (χ0) is 41.2. The van der Waals surface area contributed by atoms with E-state index in [1.165, 1.54) is 58.9 Å². The zero-order valence-corrected chi connectivity index (χ0v) is 36.2. The van der Waals surface area contributed by atoms with Crippen LogP contribution >= 0.6 is 45.3 Å². The van der Waals surface area contributed by atoms with E-state index in [0.717, 1.165) is 65.7 Å². The number of aliphatic hydroxyl groups is 1. The van der Waals surface area contributed by atoms with Crippen molar-refractivity contribution in [2.45, 2.75) is 43.6 Å². The van der Waals surface area contributed by atoms with Crippen LogP contribution in [0.1, 0.15) is 95.7 Å². The summed E-state index contributed by atoms with van der Waals surface area (Å²) in [5.41, 5.74) is 5.67. The fraction of sp³-hybridized carbons (Fsp3) is 0.130. The van der Waals surface area contributed by atoms with Gasteiger partial charge >= 0.3 is 0 Å². The Balaban J connectivity index is 0.835. The summed E-state index contributed by atoms with van der Waals surface area (Å²) in [4.78, 5) is 46.4. The van der Waals surface area contributed by atoms with Gasteiger partial charge in [0.15, 0.2) is 17.3 Å². The highest BCUT2D eigenvalue weighted by atomic mass is 32.1. The molecule has 8 heteroatoms. The second-order valence-corrected chi connectivity index (χ2v) is 21.7. The van der Waals surface area contributed by atoms with Crippen molar-refractivity contribution < 1.29 is 19.5 Å². The van der Waals surface area contributed by atoms with Crippen molar-refractivity contribution in [1.82, 2.24) is 0 Å². The molecule has 296 valence electrons. The van der Waals surface area contributed by atoms with E-state index in [9.17, 15) is 19.5 Å². The molecule has 1 unspecified atom stereocenters. The molecule has 0 amide bonds. The minimum Gasteiger partial charge on any atom is -0.383 e. The number of carbonyl (C=O) groups is 3. The Morgan fingerprint density at radius 1 is 0.516 bits per heavy atom. The summed E-state index contributed by atoms with van der Waals surface area (Å²) in [6.07, 6.45) is 8.53. The smallest absolute Gasteiger partial charge is 0.197 e. The fourth-order valence-corrected chi connectivity index (χ4v) is 16.9. The molecule has 0 bridgehead atoms. The highest BCUT2D eigenvalue weighted by Crippen LogP contribution is 2.65. The highest BCUT2D eigenvalue weighted by Gasteiger charge is 2.48. The van der Waals surface area contributed by atoms with E-state index >= 15 is 0 Å². The predicted octanol–water partition coefficient (Wildman–Crippen LogP) is 14.9. The van der Waals surface area contributed by atoms with Gasteiger partial charge < -0.3 is 5.11 Å². The van der Waals surface area contributed by atoms with Crippen LogP contribution in [-0.2, 0) is 5.41 Å². The number of hydrogen-bond acceptors (Lipinski definition) is 8. The Kier molecular flexibility index (Phi) is 7.27. The van der Waals surface area contributed by atoms with Crippen LogP contribution in [0, 0.1) is 0 Å². The van der Waals surface area contributed by atoms with Gasteiger partial charge in [0.05, 0.1) is 24.6 Å². The maximum atomic E-state index is 14.0. The first-order chi connectivity index (χ1) is 30.3. The summed E-state index contributed by atoms with van der Waals surface area (Å²) in [6.45, 7) is 0. The number of aliphatic hydroxyl groups excluding tert-OH is 1. The number of benzene rings is 6. The molecule has 1 spiro atoms. The Morgan fingerprint density at radius 2 is 1.10 bits per heavy atom. The number of hydrogen-bond donors (Lipinski definition) is 1. The Bertz CT molecular complexity index is 3740. The molecule has 4 aromatic heterocycles. The first-order valence-corrected chi connectivity index (χ1v) is 24.4. The molecule has 1 N–H and O–H groups in total. The summed E-state index contributed by atoms with van der Waals surface area (Å²) in [5.74, 6) is -0.495. The van der Waals surface area contributed by atoms with Crippen molar-refractivity contribution in [1.29, 1.82) is 0 Å². The van der Waals surface area contributed by atoms with E-state index < -0.39 is 6.10 Å². The standard InChI is InChI=1S/C54H32O4S4/c55-45-36-18-30-14-26-8-2-3-9-27(26)15-31(30)19-37(36)46(56)40(45)22-34-24-42-49(59-34)51-44(54(42)12-6-1-7-13-54)52-53(62-51)50-43(61-52)25-35(60-50)23-41-47(57)38-20-32-16-28-10-4-5-11-29(28)17-33(32)21-39(38)48(41)58/h2-5,8-11,14-25,47,57H,1,6-7,12-13H2/b41-23+. The van der Waals surface area contributed by atoms with Gasteiger partial charge in [0.25, 0.3) is 0 Å². The molecule has 0 aliphatic heterocycles. The van der Waals surface area contributed by atoms with Crippen LogP contribution in [0.2, 0.25) is 0 Å². The third-order valence-electron chi connectivity index (χ3n) is 14.0. The molecule has 4 aliphatic carbocycles. The summed E-state index contributed by atoms with van der Waals surface area (Å²) in [6, 6.07) is 37.1. The molecule has 0 radical (unpaired) electrons. The van der Waals surface area contributed by atoms with Gasteiger partial charge in [0.1, 0.15) is 6.10 Å². The number of thiophene rings is 4. The minimum absolute atomic E-state index is 0.0832. The fourth-order valence-electron chi connectivity index (χ4n) is 11.1. The van der Waals surface area contributed by atoms with Crippen molar-refractivity contribution in [2.75, 3.05) is 0 Å². The number of allylic oxidation sites excluding steroid dienone is 1. The SMILES string of the molecule is O=C1C(=Cc2cc3c(s2)-c2sc4c(sc5cc(/C=C6/C(=O)c7cc8cc9ccccc9cc8cc7C6O)sc54)c2C32CCCCC2)C(=O)c2cc3cc4ccccc4cc3cc21. The van der Waals surface area contributed by atoms with Crippen LogP contribution in [0.3, 0.4) is 0 Å². The first-order valence-electron chi connectivity index (χ1n) is 21.1. The van der Waals surface area contributed by atoms with Gasteiger partial charge in [-0.2, -0.15) is 0 Å². The third kappa shape index (κ3) is 4.82. The molecule has 14 rings (SSSR count). The number of rotatable bonds is 2. The van der Waals surface area contributed by atoms with Gasteiger partial charge in [-0.25, -0.2) is 0 Å². The lowest BCUT2D eigenvalue weighted by Gasteiger charge is -2.35. The monoisotopic (exact) mass is 872 g/mol. The average Bonchev–Trinajstić information content (AvgIpc) is 4.14. The lowest BCUT2D eigenvalue weighted by Crippen LogP contribution is -2.27. The van der Waals surface area contributed by atoms with Crippen molar-refractivity contribution in [2.24, 2.45) is 0 Å². The van der Waals surface area contributed by atoms with E-state index in [1.807, 2.05) is 83.4 Å². The quantitative estimate of drug-likeness (QED) is 0.107. The minimum atomic E-state index is -0.976. The lowest BCUT2D eigenvalue weighted by atomic mass is 9.68. The summed E-state index contributed by atoms with van der Waals surface area (Å²) < 4.78 is 5.11. The van der Waals surface area contributed by atoms with Crippen LogP contribution in [0.5, 0.6) is 0 Å². The molecule has 1 atom stereocenters. The lowest BCUT2D eigenvalue weighted by molar-refractivity contribution is 0.0986. The van der Waals surface area contributed by atoms with Gasteiger partial charge in [0, 0.05) is 52.6 Å². The number of fused-ring (bicyclic) bond motifs is 15. The largest absolute Gasteiger partial charge is 0.383 e. The molecule has 1 saturated carbocycles. The normalized spacial score (nSPS) is 18.5. The van der Waals surface area contributed by atoms with Gasteiger partial charge in [-0.15, -0.1) is 45.3 Å². The number of carbonyl (C=O) groups excluding carboxylic acids is 3. The second kappa shape index (κ2) is 12.6. The number of ketones is 3. The van der Waals surface area contributed by atoms with Crippen LogP contribution in [0.4, 0.5) is 0 Å². The van der Waals surface area contributed by atoms with Crippen LogP contribution in [0.15, 0.2) is 120 Å². The Hall–Kier alpha value is -5.87. The molecule has 6 aromatic carbocycles. The molecule has 10 aromatic rings. The Morgan fingerprint density at radius 3 is 1.73 bits per heavy atom. The Labute approximate surface area is 370 Å². The molecule has 1 fully saturated rings. The molecular formula is C54H32O4S4. The van der Waals surface area contributed by atoms with Gasteiger partial charge in [-0.3, -0.25) is 14.4 Å².